The Kier molecular flexibility index (Phi) is 5.18. The molecule has 1 saturated heterocycles. The molecule has 0 aliphatic carbocycles. The van der Waals surface area contributed by atoms with E-state index in [9.17, 15) is 4.79 Å². The highest BCUT2D eigenvalue weighted by atomic mass is 35.5. The molecule has 1 aromatic rings. The molecule has 106 valence electrons. The summed E-state index contributed by atoms with van der Waals surface area (Å²) in [6, 6.07) is 0. The lowest BCUT2D eigenvalue weighted by atomic mass is 10.2. The summed E-state index contributed by atoms with van der Waals surface area (Å²) in [5.74, 6) is 0.590. The minimum absolute atomic E-state index is 0.180. The normalized spacial score (nSPS) is 16.8. The van der Waals surface area contributed by atoms with Crippen molar-refractivity contribution >= 4 is 17.4 Å². The highest BCUT2D eigenvalue weighted by molar-refractivity contribution is 6.32. The fourth-order valence-electron chi connectivity index (χ4n) is 2.26. The lowest BCUT2D eigenvalue weighted by Gasteiger charge is -2.35. The Morgan fingerprint density at radius 3 is 2.74 bits per heavy atom. The maximum absolute atomic E-state index is 11.4. The van der Waals surface area contributed by atoms with Gasteiger partial charge in [-0.2, -0.15) is 0 Å². The summed E-state index contributed by atoms with van der Waals surface area (Å²) in [5.41, 5.74) is 5.21. The van der Waals surface area contributed by atoms with Crippen LogP contribution < -0.4 is 16.2 Å². The Morgan fingerprint density at radius 2 is 2.05 bits per heavy atom. The molecule has 1 aliphatic rings. The lowest BCUT2D eigenvalue weighted by Crippen LogP contribution is -2.47. The minimum atomic E-state index is -0.281. The van der Waals surface area contributed by atoms with E-state index in [2.05, 4.69) is 19.8 Å². The number of anilines is 1. The predicted octanol–water partition coefficient (Wildman–Crippen LogP) is 0.284. The van der Waals surface area contributed by atoms with Gasteiger partial charge in [0.25, 0.3) is 5.56 Å². The van der Waals surface area contributed by atoms with Gasteiger partial charge >= 0.3 is 0 Å². The summed E-state index contributed by atoms with van der Waals surface area (Å²) in [4.78, 5) is 22.6. The minimum Gasteiger partial charge on any atom is -0.353 e. The van der Waals surface area contributed by atoms with Crippen molar-refractivity contribution in [1.82, 2.24) is 14.9 Å². The molecule has 0 saturated carbocycles. The van der Waals surface area contributed by atoms with E-state index in [0.717, 1.165) is 52.1 Å². The maximum Gasteiger partial charge on any atom is 0.271 e. The fourth-order valence-corrected chi connectivity index (χ4v) is 2.48. The van der Waals surface area contributed by atoms with Gasteiger partial charge in [-0.25, -0.2) is 4.98 Å². The van der Waals surface area contributed by atoms with Gasteiger partial charge in [0, 0.05) is 26.2 Å². The van der Waals surface area contributed by atoms with Crippen LogP contribution >= 0.6 is 11.6 Å². The van der Waals surface area contributed by atoms with Gasteiger partial charge in [-0.15, -0.1) is 0 Å². The average Bonchev–Trinajstić information content (AvgIpc) is 2.43. The van der Waals surface area contributed by atoms with Crippen LogP contribution in [0.5, 0.6) is 0 Å². The number of hydrogen-bond donors (Lipinski definition) is 2. The van der Waals surface area contributed by atoms with Crippen LogP contribution in [0.2, 0.25) is 5.02 Å². The Bertz CT molecular complexity index is 456. The SMILES string of the molecule is NCCCCN1CCN(c2nc[nH]c(=O)c2Cl)CC1. The van der Waals surface area contributed by atoms with E-state index in [1.807, 2.05) is 0 Å². The van der Waals surface area contributed by atoms with Crippen LogP contribution in [0.4, 0.5) is 5.82 Å². The Morgan fingerprint density at radius 1 is 1.32 bits per heavy atom. The largest absolute Gasteiger partial charge is 0.353 e. The quantitative estimate of drug-likeness (QED) is 0.760. The number of nitrogens with zero attached hydrogens (tertiary/aromatic N) is 3. The molecular weight excluding hydrogens is 266 g/mol. The zero-order valence-corrected chi connectivity index (χ0v) is 11.7. The molecule has 1 aromatic heterocycles. The number of unbranched alkanes of at least 4 members (excludes halogenated alkanes) is 1. The smallest absolute Gasteiger partial charge is 0.271 e. The number of aromatic nitrogens is 2. The van der Waals surface area contributed by atoms with Crippen molar-refractivity contribution in [2.24, 2.45) is 5.73 Å². The van der Waals surface area contributed by atoms with Crippen molar-refractivity contribution in [3.8, 4) is 0 Å². The van der Waals surface area contributed by atoms with Crippen LogP contribution in [-0.4, -0.2) is 54.1 Å². The summed E-state index contributed by atoms with van der Waals surface area (Å²) in [6.45, 7) is 5.47. The number of H-pyrrole nitrogens is 1. The molecule has 0 spiro atoms. The molecule has 19 heavy (non-hydrogen) atoms. The first-order valence-electron chi connectivity index (χ1n) is 6.63. The van der Waals surface area contributed by atoms with Gasteiger partial charge in [0.1, 0.15) is 5.02 Å². The van der Waals surface area contributed by atoms with Crippen LogP contribution in [0.3, 0.4) is 0 Å². The molecule has 6 nitrogen and oxygen atoms in total. The zero-order chi connectivity index (χ0) is 13.7. The molecule has 0 bridgehead atoms. The molecule has 0 radical (unpaired) electrons. The van der Waals surface area contributed by atoms with Crippen molar-refractivity contribution in [3.63, 3.8) is 0 Å². The highest BCUT2D eigenvalue weighted by Crippen LogP contribution is 2.19. The van der Waals surface area contributed by atoms with Gasteiger partial charge in [0.05, 0.1) is 6.33 Å². The highest BCUT2D eigenvalue weighted by Gasteiger charge is 2.20. The third kappa shape index (κ3) is 3.68. The zero-order valence-electron chi connectivity index (χ0n) is 10.9. The molecule has 7 heteroatoms. The summed E-state index contributed by atoms with van der Waals surface area (Å²) in [5, 5.41) is 0.180. The molecule has 2 rings (SSSR count). The number of nitrogens with two attached hydrogens (primary N) is 1. The van der Waals surface area contributed by atoms with E-state index in [1.165, 1.54) is 6.33 Å². The topological polar surface area (TPSA) is 78.2 Å². The molecule has 1 fully saturated rings. The van der Waals surface area contributed by atoms with Crippen LogP contribution in [0.15, 0.2) is 11.1 Å². The van der Waals surface area contributed by atoms with E-state index in [0.29, 0.717) is 5.82 Å². The van der Waals surface area contributed by atoms with Crippen molar-refractivity contribution in [3.05, 3.63) is 21.7 Å². The van der Waals surface area contributed by atoms with Gasteiger partial charge in [-0.3, -0.25) is 9.69 Å². The summed E-state index contributed by atoms with van der Waals surface area (Å²) >= 11 is 5.99. The molecule has 2 heterocycles. The third-order valence-corrected chi connectivity index (χ3v) is 3.72. The van der Waals surface area contributed by atoms with Crippen LogP contribution in [-0.2, 0) is 0 Å². The van der Waals surface area contributed by atoms with E-state index in [-0.39, 0.29) is 10.6 Å². The monoisotopic (exact) mass is 285 g/mol. The first-order valence-corrected chi connectivity index (χ1v) is 7.00. The van der Waals surface area contributed by atoms with Gasteiger partial charge in [-0.1, -0.05) is 11.6 Å². The summed E-state index contributed by atoms with van der Waals surface area (Å²) < 4.78 is 0. The first-order chi connectivity index (χ1) is 9.22. The van der Waals surface area contributed by atoms with E-state index in [1.54, 1.807) is 0 Å². The van der Waals surface area contributed by atoms with Crippen LogP contribution in [0.1, 0.15) is 12.8 Å². The number of nitrogens with one attached hydrogen (secondary N) is 1. The van der Waals surface area contributed by atoms with Crippen LogP contribution in [0.25, 0.3) is 0 Å². The van der Waals surface area contributed by atoms with Gasteiger partial charge < -0.3 is 15.6 Å². The standard InChI is InChI=1S/C12H20ClN5O/c13-10-11(15-9-16-12(10)19)18-7-5-17(6-8-18)4-2-1-3-14/h9H,1-8,14H2,(H,15,16,19). The van der Waals surface area contributed by atoms with E-state index >= 15 is 0 Å². The lowest BCUT2D eigenvalue weighted by molar-refractivity contribution is 0.253. The molecule has 0 atom stereocenters. The van der Waals surface area contributed by atoms with Crippen LogP contribution in [0, 0.1) is 0 Å². The van der Waals surface area contributed by atoms with Crippen molar-refractivity contribution < 1.29 is 0 Å². The molecule has 0 unspecified atom stereocenters. The fraction of sp³-hybridized carbons (Fsp3) is 0.667. The van der Waals surface area contributed by atoms with E-state index < -0.39 is 0 Å². The van der Waals surface area contributed by atoms with E-state index in [4.69, 9.17) is 17.3 Å². The molecule has 3 N–H and O–H groups in total. The van der Waals surface area contributed by atoms with Gasteiger partial charge in [0.2, 0.25) is 0 Å². The molecule has 0 amide bonds. The molecule has 0 aromatic carbocycles. The maximum atomic E-state index is 11.4. The Balaban J connectivity index is 1.89. The molecular formula is C12H20ClN5O. The second-order valence-corrected chi connectivity index (χ2v) is 5.07. The molecule has 1 aliphatic heterocycles. The number of rotatable bonds is 5. The van der Waals surface area contributed by atoms with Gasteiger partial charge in [-0.05, 0) is 25.9 Å². The second kappa shape index (κ2) is 6.88. The third-order valence-electron chi connectivity index (χ3n) is 3.38. The Labute approximate surface area is 117 Å². The average molecular weight is 286 g/mol. The first kappa shape index (κ1) is 14.3. The second-order valence-electron chi connectivity index (χ2n) is 4.69. The number of halogens is 1. The van der Waals surface area contributed by atoms with Crippen molar-refractivity contribution in [2.45, 2.75) is 12.8 Å². The summed E-state index contributed by atoms with van der Waals surface area (Å²) in [7, 11) is 0. The predicted molar refractivity (Wildman–Crippen MR) is 76.8 cm³/mol. The number of hydrogen-bond acceptors (Lipinski definition) is 5. The number of piperazine rings is 1. The Hall–Kier alpha value is -1.11. The van der Waals surface area contributed by atoms with Crippen molar-refractivity contribution in [1.29, 1.82) is 0 Å². The van der Waals surface area contributed by atoms with Gasteiger partial charge in [0.15, 0.2) is 5.82 Å². The van der Waals surface area contributed by atoms with Crippen molar-refractivity contribution in [2.75, 3.05) is 44.2 Å². The summed E-state index contributed by atoms with van der Waals surface area (Å²) in [6.07, 6.45) is 3.61. The number of aromatic amines is 1.